The smallest absolute Gasteiger partial charge is 0.233 e. The van der Waals surface area contributed by atoms with Gasteiger partial charge in [0.2, 0.25) is 5.91 Å². The molecule has 5 rings (SSSR count). The van der Waals surface area contributed by atoms with Crippen molar-refractivity contribution in [1.29, 1.82) is 0 Å². The zero-order valence-electron chi connectivity index (χ0n) is 15.6. The number of ether oxygens (including phenoxy) is 1. The van der Waals surface area contributed by atoms with Gasteiger partial charge in [-0.2, -0.15) is 0 Å². The Morgan fingerprint density at radius 3 is 2.68 bits per heavy atom. The summed E-state index contributed by atoms with van der Waals surface area (Å²) in [5, 5.41) is 1.19. The molecule has 144 valence electrons. The third-order valence-corrected chi connectivity index (χ3v) is 6.87. The second kappa shape index (κ2) is 7.51. The van der Waals surface area contributed by atoms with E-state index in [9.17, 15) is 4.79 Å². The fraction of sp³-hybridized carbons (Fsp3) is 0.364. The number of aromatic amines is 1. The van der Waals surface area contributed by atoms with Crippen LogP contribution in [0.25, 0.3) is 10.9 Å². The molecule has 1 aromatic carbocycles. The van der Waals surface area contributed by atoms with Gasteiger partial charge in [-0.3, -0.25) is 9.78 Å². The lowest BCUT2D eigenvalue weighted by atomic mass is 9.99. The molecule has 1 amide bonds. The number of nitrogens with one attached hydrogen (secondary N) is 1. The Balaban J connectivity index is 1.22. The van der Waals surface area contributed by atoms with Crippen LogP contribution < -0.4 is 4.74 Å². The highest BCUT2D eigenvalue weighted by Gasteiger charge is 2.43. The predicted molar refractivity (Wildman–Crippen MR) is 111 cm³/mol. The van der Waals surface area contributed by atoms with Gasteiger partial charge < -0.3 is 14.6 Å². The predicted octanol–water partition coefficient (Wildman–Crippen LogP) is 4.26. The molecule has 2 saturated heterocycles. The summed E-state index contributed by atoms with van der Waals surface area (Å²) in [6.45, 7) is 0. The van der Waals surface area contributed by atoms with Crippen molar-refractivity contribution >= 4 is 28.6 Å². The van der Waals surface area contributed by atoms with Crippen molar-refractivity contribution in [2.24, 2.45) is 0 Å². The monoisotopic (exact) mass is 393 g/mol. The Morgan fingerprint density at radius 2 is 1.89 bits per heavy atom. The summed E-state index contributed by atoms with van der Waals surface area (Å²) in [5.74, 6) is 1.62. The van der Waals surface area contributed by atoms with Crippen molar-refractivity contribution in [2.45, 2.75) is 48.8 Å². The minimum atomic E-state index is 0.185. The molecular formula is C22H23N3O2S. The minimum Gasteiger partial charge on any atom is -0.490 e. The summed E-state index contributed by atoms with van der Waals surface area (Å²) in [7, 11) is 0. The zero-order chi connectivity index (χ0) is 18.9. The summed E-state index contributed by atoms with van der Waals surface area (Å²) >= 11 is 1.63. The molecule has 2 aromatic heterocycles. The maximum absolute atomic E-state index is 13.0. The fourth-order valence-corrected chi connectivity index (χ4v) is 5.52. The number of pyridine rings is 1. The highest BCUT2D eigenvalue weighted by molar-refractivity contribution is 8.00. The molecule has 2 bridgehead atoms. The quantitative estimate of drug-likeness (QED) is 0.658. The number of piperidine rings is 1. The second-order valence-electron chi connectivity index (χ2n) is 7.57. The summed E-state index contributed by atoms with van der Waals surface area (Å²) in [4.78, 5) is 23.6. The lowest BCUT2D eigenvalue weighted by Gasteiger charge is -2.39. The lowest BCUT2D eigenvalue weighted by Crippen LogP contribution is -2.49. The summed E-state index contributed by atoms with van der Waals surface area (Å²) in [6, 6.07) is 12.6. The van der Waals surface area contributed by atoms with Crippen molar-refractivity contribution < 1.29 is 9.53 Å². The van der Waals surface area contributed by atoms with Gasteiger partial charge in [0.05, 0.1) is 5.75 Å². The second-order valence-corrected chi connectivity index (χ2v) is 8.58. The van der Waals surface area contributed by atoms with Crippen LogP contribution in [0.2, 0.25) is 0 Å². The number of fused-ring (bicyclic) bond motifs is 3. The Morgan fingerprint density at radius 1 is 1.14 bits per heavy atom. The van der Waals surface area contributed by atoms with Gasteiger partial charge in [-0.1, -0.05) is 18.2 Å². The molecule has 0 spiro atoms. The fourth-order valence-electron chi connectivity index (χ4n) is 4.62. The molecule has 0 radical (unpaired) electrons. The molecule has 2 unspecified atom stereocenters. The molecule has 2 aliphatic heterocycles. The van der Waals surface area contributed by atoms with Gasteiger partial charge >= 0.3 is 0 Å². The Bertz CT molecular complexity index is 960. The molecule has 6 heteroatoms. The molecule has 1 N–H and O–H groups in total. The number of benzene rings is 1. The van der Waals surface area contributed by atoms with Gasteiger partial charge in [-0.25, -0.2) is 0 Å². The Kier molecular flexibility index (Phi) is 4.72. The van der Waals surface area contributed by atoms with Gasteiger partial charge in [0, 0.05) is 59.3 Å². The summed E-state index contributed by atoms with van der Waals surface area (Å²) in [5.41, 5.74) is 1.12. The van der Waals surface area contributed by atoms with Crippen LogP contribution in [0, 0.1) is 0 Å². The van der Waals surface area contributed by atoms with Crippen LogP contribution in [0.4, 0.5) is 0 Å². The number of carbonyl (C=O) groups excluding carboxylic acids is 1. The van der Waals surface area contributed by atoms with Crippen molar-refractivity contribution in [1.82, 2.24) is 14.9 Å². The van der Waals surface area contributed by atoms with Crippen molar-refractivity contribution in [3.05, 3.63) is 55.0 Å². The van der Waals surface area contributed by atoms with Gasteiger partial charge in [0.25, 0.3) is 0 Å². The first-order valence-electron chi connectivity index (χ1n) is 9.84. The van der Waals surface area contributed by atoms with Crippen LogP contribution in [0.5, 0.6) is 5.75 Å². The number of thioether (sulfide) groups is 1. The van der Waals surface area contributed by atoms with Crippen molar-refractivity contribution in [2.75, 3.05) is 5.75 Å². The van der Waals surface area contributed by atoms with Crippen LogP contribution in [0.3, 0.4) is 0 Å². The van der Waals surface area contributed by atoms with Crippen LogP contribution in [-0.4, -0.2) is 44.7 Å². The van der Waals surface area contributed by atoms with E-state index in [1.807, 2.05) is 30.5 Å². The number of hydrogen-bond donors (Lipinski definition) is 1. The SMILES string of the molecule is O=C(CSc1c[nH]c2ccccc12)N1C2CCC1CC(Oc1ccncc1)C2. The third-order valence-electron chi connectivity index (χ3n) is 5.83. The first-order valence-corrected chi connectivity index (χ1v) is 10.8. The molecule has 5 nitrogen and oxygen atoms in total. The van der Waals surface area contributed by atoms with E-state index >= 15 is 0 Å². The van der Waals surface area contributed by atoms with Crippen LogP contribution in [-0.2, 0) is 4.79 Å². The van der Waals surface area contributed by atoms with Crippen LogP contribution in [0.15, 0.2) is 59.9 Å². The first kappa shape index (κ1) is 17.6. The Hall–Kier alpha value is -2.47. The molecule has 0 aliphatic carbocycles. The number of aromatic nitrogens is 2. The lowest BCUT2D eigenvalue weighted by molar-refractivity contribution is -0.134. The van der Waals surface area contributed by atoms with E-state index in [0.29, 0.717) is 17.8 Å². The normalized spacial score (nSPS) is 23.9. The molecule has 3 aromatic rings. The maximum Gasteiger partial charge on any atom is 0.233 e. The average molecular weight is 394 g/mol. The molecule has 4 heterocycles. The number of H-pyrrole nitrogens is 1. The molecule has 2 fully saturated rings. The van der Waals surface area contributed by atoms with E-state index in [-0.39, 0.29) is 12.0 Å². The highest BCUT2D eigenvalue weighted by atomic mass is 32.2. The molecule has 0 saturated carbocycles. The van der Waals surface area contributed by atoms with Crippen LogP contribution in [0.1, 0.15) is 25.7 Å². The zero-order valence-corrected chi connectivity index (χ0v) is 16.4. The molecule has 28 heavy (non-hydrogen) atoms. The van der Waals surface area contributed by atoms with E-state index in [0.717, 1.165) is 41.8 Å². The van der Waals surface area contributed by atoms with Gasteiger partial charge in [-0.05, 0) is 31.0 Å². The number of carbonyl (C=O) groups is 1. The molecule has 2 atom stereocenters. The number of hydrogen-bond acceptors (Lipinski definition) is 4. The van der Waals surface area contributed by atoms with Gasteiger partial charge in [0.15, 0.2) is 0 Å². The first-order chi connectivity index (χ1) is 13.8. The Labute approximate surface area is 168 Å². The standard InChI is InChI=1S/C22H23N3O2S/c26-22(14-28-21-13-24-20-4-2-1-3-19(20)21)25-15-5-6-16(25)12-18(11-15)27-17-7-9-23-10-8-17/h1-4,7-10,13,15-16,18,24H,5-6,11-12,14H2. The summed E-state index contributed by atoms with van der Waals surface area (Å²) in [6.07, 6.45) is 9.71. The van der Waals surface area contributed by atoms with Crippen molar-refractivity contribution in [3.63, 3.8) is 0 Å². The molecule has 2 aliphatic rings. The maximum atomic E-state index is 13.0. The van der Waals surface area contributed by atoms with Gasteiger partial charge in [-0.15, -0.1) is 11.8 Å². The van der Waals surface area contributed by atoms with Gasteiger partial charge in [0.1, 0.15) is 11.9 Å². The average Bonchev–Trinajstić information content (AvgIpc) is 3.25. The van der Waals surface area contributed by atoms with Crippen molar-refractivity contribution in [3.8, 4) is 5.75 Å². The highest BCUT2D eigenvalue weighted by Crippen LogP contribution is 2.38. The van der Waals surface area contributed by atoms with E-state index in [2.05, 4.69) is 27.0 Å². The third kappa shape index (κ3) is 3.37. The molecular weight excluding hydrogens is 370 g/mol. The minimum absolute atomic E-state index is 0.185. The number of amides is 1. The van der Waals surface area contributed by atoms with Crippen LogP contribution >= 0.6 is 11.8 Å². The van der Waals surface area contributed by atoms with E-state index in [4.69, 9.17) is 4.74 Å². The largest absolute Gasteiger partial charge is 0.490 e. The van der Waals surface area contributed by atoms with E-state index in [1.54, 1.807) is 24.2 Å². The van der Waals surface area contributed by atoms with E-state index in [1.165, 1.54) is 5.39 Å². The number of nitrogens with zero attached hydrogens (tertiary/aromatic N) is 2. The van der Waals surface area contributed by atoms with E-state index < -0.39 is 0 Å². The summed E-state index contributed by atoms with van der Waals surface area (Å²) < 4.78 is 6.14. The topological polar surface area (TPSA) is 58.2 Å². The number of para-hydroxylation sites is 1. The number of rotatable bonds is 5.